The quantitative estimate of drug-likeness (QED) is 0.842. The highest BCUT2D eigenvalue weighted by Crippen LogP contribution is 2.36. The first-order valence-corrected chi connectivity index (χ1v) is 9.54. The van der Waals surface area contributed by atoms with Gasteiger partial charge in [-0.25, -0.2) is 4.98 Å². The number of amides is 1. The summed E-state index contributed by atoms with van der Waals surface area (Å²) in [5, 5.41) is 0.627. The van der Waals surface area contributed by atoms with Crippen molar-refractivity contribution in [3.05, 3.63) is 50.8 Å². The van der Waals surface area contributed by atoms with E-state index in [1.807, 2.05) is 13.0 Å². The van der Waals surface area contributed by atoms with Crippen LogP contribution in [0, 0.1) is 5.82 Å². The number of carbonyl (C=O) groups excluding carboxylic acids is 1. The average Bonchev–Trinajstić information content (AvgIpc) is 3.02. The Bertz CT molecular complexity index is 974. The van der Waals surface area contributed by atoms with E-state index in [9.17, 15) is 14.0 Å². The lowest BCUT2D eigenvalue weighted by molar-refractivity contribution is -0.118. The van der Waals surface area contributed by atoms with E-state index in [0.29, 0.717) is 37.7 Å². The molecular weight excluding hydrogens is 387 g/mol. The molecule has 4 rings (SSSR count). The van der Waals surface area contributed by atoms with E-state index in [1.54, 1.807) is 21.9 Å². The number of hydrogen-bond acceptors (Lipinski definition) is 5. The van der Waals surface area contributed by atoms with Gasteiger partial charge < -0.3 is 19.5 Å². The molecular formula is C19H20ClFN4O3. The fourth-order valence-corrected chi connectivity index (χ4v) is 4.02. The molecule has 28 heavy (non-hydrogen) atoms. The van der Waals surface area contributed by atoms with E-state index in [-0.39, 0.29) is 30.0 Å². The molecule has 148 valence electrons. The number of fused-ring (bicyclic) bond motifs is 1. The number of nitrogens with zero attached hydrogens (tertiary/aromatic N) is 3. The first kappa shape index (κ1) is 18.9. The summed E-state index contributed by atoms with van der Waals surface area (Å²) >= 11 is 6.25. The van der Waals surface area contributed by atoms with Crippen molar-refractivity contribution in [2.45, 2.75) is 25.8 Å². The number of halogens is 2. The predicted molar refractivity (Wildman–Crippen MR) is 104 cm³/mol. The van der Waals surface area contributed by atoms with Crippen LogP contribution in [0.4, 0.5) is 15.9 Å². The van der Waals surface area contributed by atoms with Crippen LogP contribution in [0.5, 0.6) is 0 Å². The number of rotatable bonds is 3. The highest BCUT2D eigenvalue weighted by molar-refractivity contribution is 6.32. The molecule has 2 aliphatic heterocycles. The van der Waals surface area contributed by atoms with E-state index in [1.165, 1.54) is 0 Å². The van der Waals surface area contributed by atoms with Gasteiger partial charge in [0.25, 0.3) is 5.56 Å². The van der Waals surface area contributed by atoms with Gasteiger partial charge in [0.05, 0.1) is 19.6 Å². The van der Waals surface area contributed by atoms with Crippen molar-refractivity contribution >= 4 is 29.0 Å². The number of carbonyl (C=O) groups is 1. The summed E-state index contributed by atoms with van der Waals surface area (Å²) in [4.78, 5) is 35.0. The lowest BCUT2D eigenvalue weighted by Gasteiger charge is -2.28. The molecule has 1 N–H and O–H groups in total. The molecule has 7 nitrogen and oxygen atoms in total. The smallest absolute Gasteiger partial charge is 0.289 e. The molecule has 0 unspecified atom stereocenters. The zero-order valence-electron chi connectivity index (χ0n) is 15.4. The van der Waals surface area contributed by atoms with Gasteiger partial charge in [-0.3, -0.25) is 9.59 Å². The van der Waals surface area contributed by atoms with Crippen molar-refractivity contribution in [1.29, 1.82) is 0 Å². The van der Waals surface area contributed by atoms with Crippen LogP contribution in [-0.4, -0.2) is 48.2 Å². The number of aromatic amines is 1. The molecule has 0 radical (unpaired) electrons. The minimum Gasteiger partial charge on any atom is -0.378 e. The summed E-state index contributed by atoms with van der Waals surface area (Å²) in [6, 6.07) is 5.39. The Morgan fingerprint density at radius 2 is 2.14 bits per heavy atom. The first-order chi connectivity index (χ1) is 13.5. The molecule has 3 heterocycles. The number of aromatic nitrogens is 2. The van der Waals surface area contributed by atoms with Crippen LogP contribution >= 0.6 is 11.6 Å². The number of nitrogens with one attached hydrogen (secondary N) is 1. The minimum atomic E-state index is -0.940. The Morgan fingerprint density at radius 3 is 2.89 bits per heavy atom. The van der Waals surface area contributed by atoms with Crippen LogP contribution in [0.1, 0.15) is 18.3 Å². The third-order valence-electron chi connectivity index (χ3n) is 5.09. The lowest BCUT2D eigenvalue weighted by atomic mass is 10.1. The highest BCUT2D eigenvalue weighted by Gasteiger charge is 2.32. The van der Waals surface area contributed by atoms with Gasteiger partial charge in [0.15, 0.2) is 5.82 Å². The number of benzene rings is 1. The SMILES string of the molecule is C[C@H]1Cc2c(Cl)cccc2N1C(=O)Cc1nc(N2CCOCC2)c(F)c(=O)[nH]1. The molecule has 2 aromatic rings. The number of H-pyrrole nitrogens is 1. The van der Waals surface area contributed by atoms with Gasteiger partial charge in [0, 0.05) is 29.8 Å². The molecule has 0 saturated carbocycles. The van der Waals surface area contributed by atoms with E-state index < -0.39 is 11.4 Å². The summed E-state index contributed by atoms with van der Waals surface area (Å²) < 4.78 is 19.6. The normalized spacial score (nSPS) is 19.0. The highest BCUT2D eigenvalue weighted by atomic mass is 35.5. The second-order valence-electron chi connectivity index (χ2n) is 6.98. The minimum absolute atomic E-state index is 0.0345. The number of hydrogen-bond donors (Lipinski definition) is 1. The number of anilines is 2. The molecule has 9 heteroatoms. The second kappa shape index (κ2) is 7.52. The van der Waals surface area contributed by atoms with Crippen LogP contribution in [0.3, 0.4) is 0 Å². The molecule has 0 bridgehead atoms. The second-order valence-corrected chi connectivity index (χ2v) is 7.39. The molecule has 1 saturated heterocycles. The number of ether oxygens (including phenoxy) is 1. The third kappa shape index (κ3) is 3.38. The zero-order chi connectivity index (χ0) is 19.8. The molecule has 1 amide bonds. The molecule has 1 fully saturated rings. The summed E-state index contributed by atoms with van der Waals surface area (Å²) in [6.07, 6.45) is 0.524. The molecule has 0 aliphatic carbocycles. The molecule has 1 aromatic carbocycles. The van der Waals surface area contributed by atoms with E-state index in [0.717, 1.165) is 11.3 Å². The Hall–Kier alpha value is -2.45. The van der Waals surface area contributed by atoms with Gasteiger partial charge in [0.2, 0.25) is 11.7 Å². The van der Waals surface area contributed by atoms with Crippen molar-refractivity contribution in [3.63, 3.8) is 0 Å². The van der Waals surface area contributed by atoms with E-state index in [2.05, 4.69) is 9.97 Å². The Labute approximate surface area is 166 Å². The maximum atomic E-state index is 14.3. The van der Waals surface area contributed by atoms with Crippen LogP contribution in [0.15, 0.2) is 23.0 Å². The van der Waals surface area contributed by atoms with Gasteiger partial charge in [-0.05, 0) is 31.0 Å². The van der Waals surface area contributed by atoms with Gasteiger partial charge in [-0.2, -0.15) is 4.39 Å². The molecule has 1 atom stereocenters. The summed E-state index contributed by atoms with van der Waals surface area (Å²) in [5.74, 6) is -1.06. The van der Waals surface area contributed by atoms with Crippen molar-refractivity contribution in [3.8, 4) is 0 Å². The van der Waals surface area contributed by atoms with Crippen molar-refractivity contribution in [1.82, 2.24) is 9.97 Å². The maximum absolute atomic E-state index is 14.3. The topological polar surface area (TPSA) is 78.5 Å². The molecule has 1 aromatic heterocycles. The fraction of sp³-hybridized carbons (Fsp3) is 0.421. The zero-order valence-corrected chi connectivity index (χ0v) is 16.1. The lowest BCUT2D eigenvalue weighted by Crippen LogP contribution is -2.40. The maximum Gasteiger partial charge on any atom is 0.289 e. The Kier molecular flexibility index (Phi) is 5.07. The van der Waals surface area contributed by atoms with Crippen LogP contribution in [0.2, 0.25) is 5.02 Å². The van der Waals surface area contributed by atoms with Crippen LogP contribution < -0.4 is 15.4 Å². The summed E-state index contributed by atoms with van der Waals surface area (Å²) in [6.45, 7) is 3.69. The fourth-order valence-electron chi connectivity index (χ4n) is 3.77. The van der Waals surface area contributed by atoms with E-state index >= 15 is 0 Å². The predicted octanol–water partition coefficient (Wildman–Crippen LogP) is 1.92. The van der Waals surface area contributed by atoms with Gasteiger partial charge in [-0.1, -0.05) is 17.7 Å². The van der Waals surface area contributed by atoms with Gasteiger partial charge in [-0.15, -0.1) is 0 Å². The van der Waals surface area contributed by atoms with Gasteiger partial charge >= 0.3 is 0 Å². The first-order valence-electron chi connectivity index (χ1n) is 9.16. The standard InChI is InChI=1S/C19H20ClFN4O3/c1-11-9-12-13(20)3-2-4-14(12)25(11)16(26)10-15-22-18(17(21)19(27)23-15)24-5-7-28-8-6-24/h2-4,11H,5-10H2,1H3,(H,22,23,27)/t11-/m0/s1. The average molecular weight is 407 g/mol. The largest absolute Gasteiger partial charge is 0.378 e. The van der Waals surface area contributed by atoms with Crippen molar-refractivity contribution < 1.29 is 13.9 Å². The third-order valence-corrected chi connectivity index (χ3v) is 5.44. The molecule has 2 aliphatic rings. The summed E-state index contributed by atoms with van der Waals surface area (Å²) in [5.41, 5.74) is 0.819. The molecule has 0 spiro atoms. The van der Waals surface area contributed by atoms with Crippen LogP contribution in [-0.2, 0) is 22.4 Å². The summed E-state index contributed by atoms with van der Waals surface area (Å²) in [7, 11) is 0. The monoisotopic (exact) mass is 406 g/mol. The Balaban J connectivity index is 1.61. The van der Waals surface area contributed by atoms with Crippen LogP contribution in [0.25, 0.3) is 0 Å². The van der Waals surface area contributed by atoms with Crippen molar-refractivity contribution in [2.75, 3.05) is 36.1 Å². The van der Waals surface area contributed by atoms with Gasteiger partial charge in [0.1, 0.15) is 5.82 Å². The number of morpholine rings is 1. The Morgan fingerprint density at radius 1 is 1.39 bits per heavy atom. The van der Waals surface area contributed by atoms with E-state index in [4.69, 9.17) is 16.3 Å². The van der Waals surface area contributed by atoms with Crippen molar-refractivity contribution in [2.24, 2.45) is 0 Å².